The molecule has 3 heteroatoms. The average Bonchev–Trinajstić information content (AvgIpc) is 2.52. The third-order valence-electron chi connectivity index (χ3n) is 3.39. The zero-order chi connectivity index (χ0) is 15.9. The van der Waals surface area contributed by atoms with Crippen LogP contribution in [0, 0.1) is 0 Å². The molecule has 0 bridgehead atoms. The summed E-state index contributed by atoms with van der Waals surface area (Å²) >= 11 is 5.86. The van der Waals surface area contributed by atoms with Gasteiger partial charge in [0, 0.05) is 23.7 Å². The fourth-order valence-electron chi connectivity index (χ4n) is 2.13. The first-order valence-corrected chi connectivity index (χ1v) is 7.72. The second kappa shape index (κ2) is 7.81. The molecule has 2 rings (SSSR count). The maximum Gasteiger partial charge on any atom is 0.247 e. The molecule has 0 aliphatic heterocycles. The van der Waals surface area contributed by atoms with Crippen LogP contribution in [-0.2, 0) is 11.3 Å². The van der Waals surface area contributed by atoms with Gasteiger partial charge < -0.3 is 4.90 Å². The number of hydrogen-bond donors (Lipinski definition) is 0. The molecule has 2 aromatic rings. The van der Waals surface area contributed by atoms with E-state index in [0.717, 1.165) is 11.1 Å². The van der Waals surface area contributed by atoms with Crippen molar-refractivity contribution in [3.05, 3.63) is 76.8 Å². The lowest BCUT2D eigenvalue weighted by Crippen LogP contribution is -2.35. The molecular weight excluding hydrogens is 294 g/mol. The van der Waals surface area contributed by atoms with Crippen LogP contribution in [0.15, 0.2) is 60.7 Å². The number of benzene rings is 2. The molecule has 0 radical (unpaired) electrons. The molecule has 0 saturated heterocycles. The predicted molar refractivity (Wildman–Crippen MR) is 92.6 cm³/mol. The summed E-state index contributed by atoms with van der Waals surface area (Å²) in [5.74, 6) is 0.00815. The van der Waals surface area contributed by atoms with E-state index >= 15 is 0 Å². The molecule has 0 spiro atoms. The number of carbonyl (C=O) groups is 1. The molecule has 2 nitrogen and oxygen atoms in total. The Balaban J connectivity index is 2.08. The number of halogens is 1. The molecule has 22 heavy (non-hydrogen) atoms. The highest BCUT2D eigenvalue weighted by Crippen LogP contribution is 2.12. The van der Waals surface area contributed by atoms with Gasteiger partial charge in [-0.2, -0.15) is 0 Å². The van der Waals surface area contributed by atoms with E-state index in [1.54, 1.807) is 6.08 Å². The molecule has 0 heterocycles. The van der Waals surface area contributed by atoms with E-state index in [4.69, 9.17) is 11.6 Å². The monoisotopic (exact) mass is 313 g/mol. The van der Waals surface area contributed by atoms with Crippen molar-refractivity contribution in [2.24, 2.45) is 0 Å². The Labute approximate surface area is 137 Å². The minimum absolute atomic E-state index is 0.00815. The van der Waals surface area contributed by atoms with Crippen LogP contribution in [0.1, 0.15) is 25.0 Å². The van der Waals surface area contributed by atoms with E-state index in [1.165, 1.54) is 0 Å². The topological polar surface area (TPSA) is 20.3 Å². The first kappa shape index (κ1) is 16.3. The second-order valence-electron chi connectivity index (χ2n) is 5.43. The van der Waals surface area contributed by atoms with Gasteiger partial charge in [0.1, 0.15) is 0 Å². The molecule has 0 fully saturated rings. The highest BCUT2D eigenvalue weighted by atomic mass is 35.5. The lowest BCUT2D eigenvalue weighted by Gasteiger charge is -2.25. The van der Waals surface area contributed by atoms with Crippen LogP contribution in [-0.4, -0.2) is 16.8 Å². The maximum absolute atomic E-state index is 12.4. The van der Waals surface area contributed by atoms with E-state index in [9.17, 15) is 4.79 Å². The minimum atomic E-state index is 0.00815. The van der Waals surface area contributed by atoms with Crippen LogP contribution in [0.25, 0.3) is 6.08 Å². The summed E-state index contributed by atoms with van der Waals surface area (Å²) in [6.07, 6.45) is 3.44. The Morgan fingerprint density at radius 3 is 2.32 bits per heavy atom. The fourth-order valence-corrected chi connectivity index (χ4v) is 2.26. The molecule has 0 aromatic heterocycles. The molecule has 114 valence electrons. The molecule has 2 aromatic carbocycles. The normalized spacial score (nSPS) is 11.1. The number of nitrogens with zero attached hydrogens (tertiary/aromatic N) is 1. The fraction of sp³-hybridized carbons (Fsp3) is 0.211. The minimum Gasteiger partial charge on any atom is -0.332 e. The Morgan fingerprint density at radius 1 is 1.09 bits per heavy atom. The van der Waals surface area contributed by atoms with Crippen molar-refractivity contribution < 1.29 is 4.79 Å². The molecule has 0 N–H and O–H groups in total. The van der Waals surface area contributed by atoms with Crippen molar-refractivity contribution in [1.29, 1.82) is 0 Å². The van der Waals surface area contributed by atoms with Crippen molar-refractivity contribution in [2.75, 3.05) is 0 Å². The highest BCUT2D eigenvalue weighted by Gasteiger charge is 2.14. The summed E-state index contributed by atoms with van der Waals surface area (Å²) in [7, 11) is 0. The van der Waals surface area contributed by atoms with Gasteiger partial charge >= 0.3 is 0 Å². The Hall–Kier alpha value is -2.06. The number of hydrogen-bond acceptors (Lipinski definition) is 1. The largest absolute Gasteiger partial charge is 0.332 e. The summed E-state index contributed by atoms with van der Waals surface area (Å²) in [5.41, 5.74) is 2.09. The standard InChI is InChI=1S/C19H20ClNO/c1-15(2)21(14-17-6-4-3-5-7-17)19(22)13-10-16-8-11-18(20)12-9-16/h3-13,15H,14H2,1-2H3/b13-10+. The van der Waals surface area contributed by atoms with E-state index in [-0.39, 0.29) is 11.9 Å². The zero-order valence-electron chi connectivity index (χ0n) is 12.9. The highest BCUT2D eigenvalue weighted by molar-refractivity contribution is 6.30. The molecule has 0 saturated carbocycles. The van der Waals surface area contributed by atoms with Crippen molar-refractivity contribution in [3.63, 3.8) is 0 Å². The van der Waals surface area contributed by atoms with E-state index in [0.29, 0.717) is 11.6 Å². The summed E-state index contributed by atoms with van der Waals surface area (Å²) in [6.45, 7) is 4.66. The number of rotatable bonds is 5. The molecule has 1 amide bonds. The quantitative estimate of drug-likeness (QED) is 0.727. The number of amides is 1. The smallest absolute Gasteiger partial charge is 0.247 e. The zero-order valence-corrected chi connectivity index (χ0v) is 13.6. The first-order valence-electron chi connectivity index (χ1n) is 7.34. The van der Waals surface area contributed by atoms with Gasteiger partial charge in [0.25, 0.3) is 0 Å². The van der Waals surface area contributed by atoms with Crippen molar-refractivity contribution in [2.45, 2.75) is 26.4 Å². The van der Waals surface area contributed by atoms with Crippen LogP contribution >= 0.6 is 11.6 Å². The van der Waals surface area contributed by atoms with Crippen molar-refractivity contribution >= 4 is 23.6 Å². The summed E-state index contributed by atoms with van der Waals surface area (Å²) in [6, 6.07) is 17.6. The predicted octanol–water partition coefficient (Wildman–Crippen LogP) is 4.79. The third kappa shape index (κ3) is 4.74. The Morgan fingerprint density at radius 2 is 1.73 bits per heavy atom. The Kier molecular flexibility index (Phi) is 5.79. The van der Waals surface area contributed by atoms with Crippen LogP contribution < -0.4 is 0 Å². The number of carbonyl (C=O) groups excluding carboxylic acids is 1. The maximum atomic E-state index is 12.4. The summed E-state index contributed by atoms with van der Waals surface area (Å²) in [5, 5.41) is 0.691. The molecule has 0 aliphatic carbocycles. The molecular formula is C19H20ClNO. The van der Waals surface area contributed by atoms with Gasteiger partial charge in [-0.25, -0.2) is 0 Å². The Bertz CT molecular complexity index is 632. The van der Waals surface area contributed by atoms with Gasteiger partial charge in [0.15, 0.2) is 0 Å². The molecule has 0 atom stereocenters. The lowest BCUT2D eigenvalue weighted by molar-refractivity contribution is -0.128. The SMILES string of the molecule is CC(C)N(Cc1ccccc1)C(=O)/C=C/c1ccc(Cl)cc1. The summed E-state index contributed by atoms with van der Waals surface area (Å²) < 4.78 is 0. The van der Waals surface area contributed by atoms with Crippen molar-refractivity contribution in [3.8, 4) is 0 Å². The summed E-state index contributed by atoms with van der Waals surface area (Å²) in [4.78, 5) is 14.3. The van der Waals surface area contributed by atoms with Gasteiger partial charge in [0.05, 0.1) is 0 Å². The van der Waals surface area contributed by atoms with Gasteiger partial charge in [-0.3, -0.25) is 4.79 Å². The van der Waals surface area contributed by atoms with Crippen LogP contribution in [0.3, 0.4) is 0 Å². The lowest BCUT2D eigenvalue weighted by atomic mass is 10.1. The first-order chi connectivity index (χ1) is 10.6. The van der Waals surface area contributed by atoms with E-state index in [1.807, 2.05) is 79.4 Å². The molecule has 0 aliphatic rings. The van der Waals surface area contributed by atoms with E-state index in [2.05, 4.69) is 0 Å². The van der Waals surface area contributed by atoms with Gasteiger partial charge in [-0.15, -0.1) is 0 Å². The van der Waals surface area contributed by atoms with Crippen LogP contribution in [0.5, 0.6) is 0 Å². The van der Waals surface area contributed by atoms with Gasteiger partial charge in [-0.05, 0) is 43.2 Å². The molecule has 0 unspecified atom stereocenters. The van der Waals surface area contributed by atoms with Crippen LogP contribution in [0.4, 0.5) is 0 Å². The average molecular weight is 314 g/mol. The van der Waals surface area contributed by atoms with Crippen molar-refractivity contribution in [1.82, 2.24) is 4.90 Å². The van der Waals surface area contributed by atoms with E-state index < -0.39 is 0 Å². The third-order valence-corrected chi connectivity index (χ3v) is 3.64. The van der Waals surface area contributed by atoms with Gasteiger partial charge in [0.2, 0.25) is 5.91 Å². The second-order valence-corrected chi connectivity index (χ2v) is 5.87. The van der Waals surface area contributed by atoms with Gasteiger partial charge in [-0.1, -0.05) is 54.1 Å². The van der Waals surface area contributed by atoms with Crippen LogP contribution in [0.2, 0.25) is 5.02 Å².